The second-order valence-electron chi connectivity index (χ2n) is 10.7. The van der Waals surface area contributed by atoms with Crippen LogP contribution < -0.4 is 10.1 Å². The van der Waals surface area contributed by atoms with E-state index in [1.165, 1.54) is 0 Å². The number of ether oxygens (including phenoxy) is 1. The summed E-state index contributed by atoms with van der Waals surface area (Å²) in [6, 6.07) is 13.1. The average Bonchev–Trinajstić information content (AvgIpc) is 3.20. The SMILES string of the molecule is N#Cc1cc(Cl)ccc1C1CN([C@H]2CCCC[C@H]2Oc2ccc3c(c2)CN([C@H]2CCC(=O)NC2=O)C3=O)C1. The summed E-state index contributed by atoms with van der Waals surface area (Å²) in [7, 11) is 0. The number of benzene rings is 2. The number of amides is 3. The molecule has 3 atom stereocenters. The lowest BCUT2D eigenvalue weighted by molar-refractivity contribution is -0.136. The zero-order valence-corrected chi connectivity index (χ0v) is 21.7. The molecule has 0 radical (unpaired) electrons. The van der Waals surface area contributed by atoms with Gasteiger partial charge in [0.1, 0.15) is 17.9 Å². The summed E-state index contributed by atoms with van der Waals surface area (Å²) >= 11 is 6.08. The number of rotatable bonds is 5. The predicted octanol–water partition coefficient (Wildman–Crippen LogP) is 3.76. The van der Waals surface area contributed by atoms with Crippen LogP contribution in [-0.4, -0.2) is 58.8 Å². The zero-order chi connectivity index (χ0) is 26.4. The van der Waals surface area contributed by atoms with E-state index in [1.54, 1.807) is 17.0 Å². The highest BCUT2D eigenvalue weighted by Crippen LogP contribution is 2.38. The van der Waals surface area contributed by atoms with Crippen molar-refractivity contribution in [2.75, 3.05) is 13.1 Å². The number of hydrogen-bond donors (Lipinski definition) is 1. The molecule has 2 saturated heterocycles. The summed E-state index contributed by atoms with van der Waals surface area (Å²) in [5.74, 6) is 0.175. The van der Waals surface area contributed by atoms with Crippen molar-refractivity contribution >= 4 is 29.3 Å². The lowest BCUT2D eigenvalue weighted by Crippen LogP contribution is -2.57. The number of hydrogen-bond acceptors (Lipinski definition) is 6. The Hall–Kier alpha value is -3.41. The number of fused-ring (bicyclic) bond motifs is 1. The summed E-state index contributed by atoms with van der Waals surface area (Å²) in [4.78, 5) is 40.9. The van der Waals surface area contributed by atoms with Crippen LogP contribution in [0.15, 0.2) is 36.4 Å². The molecule has 0 aromatic heterocycles. The van der Waals surface area contributed by atoms with Gasteiger partial charge in [0.05, 0.1) is 11.6 Å². The van der Waals surface area contributed by atoms with Crippen LogP contribution in [0.5, 0.6) is 5.75 Å². The van der Waals surface area contributed by atoms with Crippen LogP contribution in [0.3, 0.4) is 0 Å². The smallest absolute Gasteiger partial charge is 0.255 e. The molecule has 0 unspecified atom stereocenters. The minimum Gasteiger partial charge on any atom is -0.489 e. The van der Waals surface area contributed by atoms with E-state index in [9.17, 15) is 19.6 Å². The molecule has 6 rings (SSSR count). The number of nitrogens with one attached hydrogen (secondary N) is 1. The molecule has 9 heteroatoms. The zero-order valence-electron chi connectivity index (χ0n) is 21.0. The molecule has 3 amide bonds. The second kappa shape index (κ2) is 10.0. The fourth-order valence-electron chi connectivity index (χ4n) is 6.39. The highest BCUT2D eigenvalue weighted by atomic mass is 35.5. The van der Waals surface area contributed by atoms with Crippen LogP contribution in [0.4, 0.5) is 0 Å². The maximum Gasteiger partial charge on any atom is 0.255 e. The molecule has 4 aliphatic rings. The molecule has 1 aliphatic carbocycles. The number of carbonyl (C=O) groups excluding carboxylic acids is 3. The molecule has 2 aromatic carbocycles. The van der Waals surface area contributed by atoms with Gasteiger partial charge in [-0.2, -0.15) is 5.26 Å². The van der Waals surface area contributed by atoms with Crippen molar-refractivity contribution in [3.63, 3.8) is 0 Å². The Morgan fingerprint density at radius 1 is 1.03 bits per heavy atom. The molecular weight excluding hydrogens is 504 g/mol. The van der Waals surface area contributed by atoms with E-state index in [4.69, 9.17) is 16.3 Å². The Kier molecular flexibility index (Phi) is 6.58. The number of imide groups is 1. The van der Waals surface area contributed by atoms with Gasteiger partial charge in [0.15, 0.2) is 0 Å². The Labute approximate surface area is 226 Å². The van der Waals surface area contributed by atoms with E-state index in [0.717, 1.165) is 55.6 Å². The minimum absolute atomic E-state index is 0.0479. The third-order valence-electron chi connectivity index (χ3n) is 8.40. The van der Waals surface area contributed by atoms with Gasteiger partial charge >= 0.3 is 0 Å². The van der Waals surface area contributed by atoms with Crippen molar-refractivity contribution in [2.45, 2.75) is 69.2 Å². The van der Waals surface area contributed by atoms with Gasteiger partial charge in [0.2, 0.25) is 11.8 Å². The number of halogens is 1. The van der Waals surface area contributed by atoms with Crippen LogP contribution in [0.25, 0.3) is 0 Å². The summed E-state index contributed by atoms with van der Waals surface area (Å²) in [5, 5.41) is 12.5. The Morgan fingerprint density at radius 3 is 2.63 bits per heavy atom. The third-order valence-corrected chi connectivity index (χ3v) is 8.64. The van der Waals surface area contributed by atoms with Gasteiger partial charge in [0, 0.05) is 48.6 Å². The minimum atomic E-state index is -0.624. The first-order valence-electron chi connectivity index (χ1n) is 13.3. The summed E-state index contributed by atoms with van der Waals surface area (Å²) < 4.78 is 6.54. The Balaban J connectivity index is 1.12. The monoisotopic (exact) mass is 532 g/mol. The van der Waals surface area contributed by atoms with E-state index >= 15 is 0 Å². The number of nitrogens with zero attached hydrogens (tertiary/aromatic N) is 3. The van der Waals surface area contributed by atoms with Crippen LogP contribution in [-0.2, 0) is 16.1 Å². The molecule has 38 heavy (non-hydrogen) atoms. The van der Waals surface area contributed by atoms with Gasteiger partial charge in [0.25, 0.3) is 5.91 Å². The van der Waals surface area contributed by atoms with E-state index < -0.39 is 11.9 Å². The normalized spacial score (nSPS) is 25.9. The van der Waals surface area contributed by atoms with Gasteiger partial charge in [-0.1, -0.05) is 24.1 Å². The predicted molar refractivity (Wildman–Crippen MR) is 140 cm³/mol. The summed E-state index contributed by atoms with van der Waals surface area (Å²) in [6.07, 6.45) is 4.94. The van der Waals surface area contributed by atoms with Gasteiger partial charge in [-0.15, -0.1) is 0 Å². The van der Waals surface area contributed by atoms with Crippen LogP contribution in [0.1, 0.15) is 71.5 Å². The van der Waals surface area contributed by atoms with E-state index in [1.807, 2.05) is 24.3 Å². The number of nitriles is 1. The Morgan fingerprint density at radius 2 is 1.84 bits per heavy atom. The highest BCUT2D eigenvalue weighted by molar-refractivity contribution is 6.30. The molecule has 3 aliphatic heterocycles. The van der Waals surface area contributed by atoms with E-state index in [-0.39, 0.29) is 24.3 Å². The maximum absolute atomic E-state index is 13.0. The standard InChI is InChI=1S/C29H29ClN4O4/c30-20-5-7-22(17(11-20)13-31)19-14-33(15-19)24-3-1-2-4-26(24)38-21-6-8-23-18(12-21)16-34(29(23)37)25-9-10-27(35)32-28(25)36/h5-8,11-12,19,24-26H,1-4,9-10,14-16H2,(H,32,35,36)/t24-,25-,26+/m0/s1. The molecule has 8 nitrogen and oxygen atoms in total. The van der Waals surface area contributed by atoms with Crippen LogP contribution in [0, 0.1) is 11.3 Å². The molecule has 2 aromatic rings. The van der Waals surface area contributed by atoms with Crippen molar-refractivity contribution in [2.24, 2.45) is 0 Å². The van der Waals surface area contributed by atoms with Gasteiger partial charge in [-0.25, -0.2) is 0 Å². The third kappa shape index (κ3) is 4.55. The molecule has 3 fully saturated rings. The van der Waals surface area contributed by atoms with Crippen molar-refractivity contribution in [3.05, 3.63) is 63.7 Å². The van der Waals surface area contributed by atoms with Crippen molar-refractivity contribution < 1.29 is 19.1 Å². The summed E-state index contributed by atoms with van der Waals surface area (Å²) in [5.41, 5.74) is 3.15. The lowest BCUT2D eigenvalue weighted by atomic mass is 9.83. The van der Waals surface area contributed by atoms with E-state index in [2.05, 4.69) is 16.3 Å². The van der Waals surface area contributed by atoms with Gasteiger partial charge in [-0.3, -0.25) is 24.6 Å². The lowest BCUT2D eigenvalue weighted by Gasteiger charge is -2.48. The van der Waals surface area contributed by atoms with E-state index in [0.29, 0.717) is 41.1 Å². The molecule has 196 valence electrons. The average molecular weight is 533 g/mol. The molecule has 0 bridgehead atoms. The maximum atomic E-state index is 13.0. The molecule has 1 N–H and O–H groups in total. The second-order valence-corrected chi connectivity index (χ2v) is 11.2. The Bertz CT molecular complexity index is 1350. The van der Waals surface area contributed by atoms with Crippen molar-refractivity contribution in [1.82, 2.24) is 15.1 Å². The number of piperidine rings is 1. The van der Waals surface area contributed by atoms with Gasteiger partial charge < -0.3 is 9.64 Å². The number of likely N-dealkylation sites (tertiary alicyclic amines) is 1. The summed E-state index contributed by atoms with van der Waals surface area (Å²) in [6.45, 7) is 2.11. The highest BCUT2D eigenvalue weighted by Gasteiger charge is 2.41. The van der Waals surface area contributed by atoms with Crippen LogP contribution in [0.2, 0.25) is 5.02 Å². The first kappa shape index (κ1) is 24.9. The molecular formula is C29H29ClN4O4. The quantitative estimate of drug-likeness (QED) is 0.588. The van der Waals surface area contributed by atoms with Crippen molar-refractivity contribution in [3.8, 4) is 11.8 Å². The molecule has 0 spiro atoms. The van der Waals surface area contributed by atoms with Crippen molar-refractivity contribution in [1.29, 1.82) is 5.26 Å². The molecule has 3 heterocycles. The fraction of sp³-hybridized carbons (Fsp3) is 0.448. The largest absolute Gasteiger partial charge is 0.489 e. The van der Waals surface area contributed by atoms with Gasteiger partial charge in [-0.05, 0) is 67.1 Å². The fourth-order valence-corrected chi connectivity index (χ4v) is 6.56. The molecule has 1 saturated carbocycles. The number of carbonyl (C=O) groups is 3. The topological polar surface area (TPSA) is 103 Å². The first-order chi connectivity index (χ1) is 18.4. The van der Waals surface area contributed by atoms with Crippen LogP contribution >= 0.6 is 11.6 Å². The first-order valence-corrected chi connectivity index (χ1v) is 13.7.